The Labute approximate surface area is 151 Å². The van der Waals surface area contributed by atoms with Crippen LogP contribution in [0.5, 0.6) is 0 Å². The molecule has 1 aromatic rings. The highest BCUT2D eigenvalue weighted by Crippen LogP contribution is 2.18. The Morgan fingerprint density at radius 1 is 1.12 bits per heavy atom. The first-order valence-corrected chi connectivity index (χ1v) is 7.80. The summed E-state index contributed by atoms with van der Waals surface area (Å²) < 4.78 is 16.0. The van der Waals surface area contributed by atoms with Gasteiger partial charge in [-0.25, -0.2) is 14.3 Å². The number of aromatic nitrogens is 2. The van der Waals surface area contributed by atoms with Crippen LogP contribution in [0.2, 0.25) is 0 Å². The van der Waals surface area contributed by atoms with E-state index in [1.807, 2.05) is 0 Å². The molecule has 0 aliphatic heterocycles. The molecule has 0 fully saturated rings. The first-order valence-electron chi connectivity index (χ1n) is 7.80. The van der Waals surface area contributed by atoms with Crippen LogP contribution in [0.25, 0.3) is 0 Å². The summed E-state index contributed by atoms with van der Waals surface area (Å²) in [5, 5.41) is 13.5. The Kier molecular flexibility index (Phi) is 6.49. The zero-order chi connectivity index (χ0) is 20.1. The number of alkyl carbamates (subject to hydrolysis) is 1. The number of amides is 1. The zero-order valence-electron chi connectivity index (χ0n) is 15.7. The van der Waals surface area contributed by atoms with Gasteiger partial charge in [-0.3, -0.25) is 15.5 Å². The summed E-state index contributed by atoms with van der Waals surface area (Å²) in [7, 11) is 0. The van der Waals surface area contributed by atoms with Gasteiger partial charge in [-0.1, -0.05) is 0 Å². The van der Waals surface area contributed by atoms with E-state index in [1.165, 1.54) is 12.4 Å². The van der Waals surface area contributed by atoms with Gasteiger partial charge in [0.25, 0.3) is 0 Å². The van der Waals surface area contributed by atoms with Crippen molar-refractivity contribution in [2.24, 2.45) is 5.41 Å². The monoisotopic (exact) mass is 368 g/mol. The van der Waals surface area contributed by atoms with Crippen LogP contribution in [0.15, 0.2) is 18.5 Å². The number of esters is 2. The molecule has 2 N–H and O–H groups in total. The second-order valence-electron chi connectivity index (χ2n) is 7.35. The third-order valence-corrected chi connectivity index (χ3v) is 2.59. The van der Waals surface area contributed by atoms with Gasteiger partial charge in [0.1, 0.15) is 5.60 Å². The van der Waals surface area contributed by atoms with Crippen molar-refractivity contribution >= 4 is 24.0 Å². The molecule has 0 bridgehead atoms. The molecule has 0 aliphatic carbocycles. The van der Waals surface area contributed by atoms with E-state index in [9.17, 15) is 14.4 Å². The van der Waals surface area contributed by atoms with Crippen LogP contribution in [0.3, 0.4) is 0 Å². The highest BCUT2D eigenvalue weighted by molar-refractivity contribution is 5.93. The maximum absolute atomic E-state index is 12.2. The van der Waals surface area contributed by atoms with E-state index in [1.54, 1.807) is 47.6 Å². The Bertz CT molecular complexity index is 670. The zero-order valence-corrected chi connectivity index (χ0v) is 15.7. The predicted molar refractivity (Wildman–Crippen MR) is 90.1 cm³/mol. The first kappa shape index (κ1) is 21.1. The molecule has 0 radical (unpaired) electrons. The number of ether oxygens (including phenoxy) is 3. The normalized spacial score (nSPS) is 12.7. The Morgan fingerprint density at radius 3 is 2.19 bits per heavy atom. The summed E-state index contributed by atoms with van der Waals surface area (Å²) in [5.74, 6) is -2.22. The summed E-state index contributed by atoms with van der Waals surface area (Å²) in [6.45, 7) is 9.57. The molecule has 1 atom stereocenters. The molecular weight excluding hydrogens is 344 g/mol. The number of carbonyl (C=O) groups excluding carboxylic acids is 3. The van der Waals surface area contributed by atoms with Crippen LogP contribution in [-0.4, -0.2) is 45.7 Å². The van der Waals surface area contributed by atoms with E-state index in [2.05, 4.69) is 10.4 Å². The average Bonchev–Trinajstić information content (AvgIpc) is 2.97. The molecule has 1 unspecified atom stereocenters. The molecule has 1 heterocycles. The van der Waals surface area contributed by atoms with E-state index in [0.717, 1.165) is 4.68 Å². The van der Waals surface area contributed by atoms with Crippen molar-refractivity contribution in [1.29, 1.82) is 5.41 Å². The second kappa shape index (κ2) is 7.98. The molecule has 0 aromatic carbocycles. The van der Waals surface area contributed by atoms with Crippen LogP contribution in [0.4, 0.5) is 4.79 Å². The summed E-state index contributed by atoms with van der Waals surface area (Å²) in [5.41, 5.74) is -1.81. The summed E-state index contributed by atoms with van der Waals surface area (Å²) in [4.78, 5) is 36.2. The van der Waals surface area contributed by atoms with Crippen LogP contribution < -0.4 is 5.32 Å². The SMILES string of the molecule is CC(C)(C)OC(=O)C(OC(=O)NC(=N)n1cccn1)OC(=O)C(C)(C)C. The fourth-order valence-electron chi connectivity index (χ4n) is 1.43. The van der Waals surface area contributed by atoms with E-state index in [0.29, 0.717) is 0 Å². The molecule has 10 heteroatoms. The Hall–Kier alpha value is -2.91. The minimum Gasteiger partial charge on any atom is -0.454 e. The predicted octanol–water partition coefficient (Wildman–Crippen LogP) is 1.65. The minimum atomic E-state index is -1.91. The van der Waals surface area contributed by atoms with Crippen LogP contribution in [0, 0.1) is 10.8 Å². The van der Waals surface area contributed by atoms with Crippen molar-refractivity contribution in [2.75, 3.05) is 0 Å². The molecule has 0 aliphatic rings. The quantitative estimate of drug-likeness (QED) is 0.359. The number of carbonyl (C=O) groups is 3. The van der Waals surface area contributed by atoms with Crippen LogP contribution in [-0.2, 0) is 23.8 Å². The van der Waals surface area contributed by atoms with Gasteiger partial charge in [0.15, 0.2) is 0 Å². The maximum atomic E-state index is 12.2. The topological polar surface area (TPSA) is 133 Å². The fourth-order valence-corrected chi connectivity index (χ4v) is 1.43. The minimum absolute atomic E-state index is 0.412. The molecule has 10 nitrogen and oxygen atoms in total. The summed E-state index contributed by atoms with van der Waals surface area (Å²) >= 11 is 0. The lowest BCUT2D eigenvalue weighted by molar-refractivity contribution is -0.202. The maximum Gasteiger partial charge on any atom is 0.417 e. The molecule has 0 spiro atoms. The molecule has 1 rings (SSSR count). The van der Waals surface area contributed by atoms with Crippen LogP contribution >= 0.6 is 0 Å². The van der Waals surface area contributed by atoms with Gasteiger partial charge >= 0.3 is 24.3 Å². The molecule has 0 saturated carbocycles. The van der Waals surface area contributed by atoms with E-state index in [-0.39, 0.29) is 0 Å². The lowest BCUT2D eigenvalue weighted by Crippen LogP contribution is -2.44. The lowest BCUT2D eigenvalue weighted by Gasteiger charge is -2.25. The Morgan fingerprint density at radius 2 is 1.73 bits per heavy atom. The third-order valence-electron chi connectivity index (χ3n) is 2.59. The van der Waals surface area contributed by atoms with E-state index >= 15 is 0 Å². The summed E-state index contributed by atoms with van der Waals surface area (Å²) in [6, 6.07) is 1.55. The van der Waals surface area contributed by atoms with Gasteiger partial charge in [0, 0.05) is 12.4 Å². The standard InChI is InChI=1S/C16H24N4O6/c1-15(2,3)12(22)24-11(10(21)26-16(4,5)6)25-14(23)19-13(17)20-9-7-8-18-20/h7-9,11H,1-6H3,(H2,17,19,23). The largest absolute Gasteiger partial charge is 0.454 e. The first-order chi connectivity index (χ1) is 11.8. The molecule has 1 aromatic heterocycles. The van der Waals surface area contributed by atoms with Gasteiger partial charge < -0.3 is 14.2 Å². The van der Waals surface area contributed by atoms with Gasteiger partial charge in [-0.05, 0) is 47.6 Å². The number of rotatable bonds is 3. The Balaban J connectivity index is 2.83. The molecule has 1 amide bonds. The van der Waals surface area contributed by atoms with Gasteiger partial charge in [0.2, 0.25) is 5.96 Å². The molecular formula is C16H24N4O6. The van der Waals surface area contributed by atoms with Crippen molar-refractivity contribution in [3.63, 3.8) is 0 Å². The van der Waals surface area contributed by atoms with Gasteiger partial charge in [0.05, 0.1) is 5.41 Å². The van der Waals surface area contributed by atoms with Crippen molar-refractivity contribution in [2.45, 2.75) is 53.4 Å². The highest BCUT2D eigenvalue weighted by atomic mass is 16.7. The summed E-state index contributed by atoms with van der Waals surface area (Å²) in [6.07, 6.45) is -0.251. The van der Waals surface area contributed by atoms with Gasteiger partial charge in [-0.15, -0.1) is 0 Å². The average molecular weight is 368 g/mol. The van der Waals surface area contributed by atoms with Crippen LogP contribution in [0.1, 0.15) is 41.5 Å². The number of nitrogens with zero attached hydrogens (tertiary/aromatic N) is 2. The molecule has 0 saturated heterocycles. The van der Waals surface area contributed by atoms with Crippen molar-refractivity contribution in [3.8, 4) is 0 Å². The van der Waals surface area contributed by atoms with Crippen molar-refractivity contribution in [3.05, 3.63) is 18.5 Å². The lowest BCUT2D eigenvalue weighted by atomic mass is 9.97. The number of hydrogen-bond acceptors (Lipinski definition) is 8. The number of hydrogen-bond donors (Lipinski definition) is 2. The molecule has 26 heavy (non-hydrogen) atoms. The van der Waals surface area contributed by atoms with Crippen molar-refractivity contribution in [1.82, 2.24) is 15.1 Å². The smallest absolute Gasteiger partial charge is 0.417 e. The molecule has 144 valence electrons. The second-order valence-corrected chi connectivity index (χ2v) is 7.35. The number of nitrogens with one attached hydrogen (secondary N) is 2. The van der Waals surface area contributed by atoms with Gasteiger partial charge in [-0.2, -0.15) is 5.10 Å². The van der Waals surface area contributed by atoms with E-state index in [4.69, 9.17) is 19.6 Å². The highest BCUT2D eigenvalue weighted by Gasteiger charge is 2.35. The fraction of sp³-hybridized carbons (Fsp3) is 0.562. The van der Waals surface area contributed by atoms with E-state index < -0.39 is 41.3 Å². The third kappa shape index (κ3) is 6.91. The van der Waals surface area contributed by atoms with Crippen molar-refractivity contribution < 1.29 is 28.6 Å².